The van der Waals surface area contributed by atoms with Crippen LogP contribution < -0.4 is 4.74 Å². The SMILES string of the molecule is COC(=O)c1ccc(CO[C@@H](CN2CCN(C(=O)CCc3ccccc3)CC2)c2cccc(OC)c2)cc1. The first-order valence-electron chi connectivity index (χ1n) is 13.0. The highest BCUT2D eigenvalue weighted by atomic mass is 16.5. The van der Waals surface area contributed by atoms with Crippen molar-refractivity contribution in [3.63, 3.8) is 0 Å². The van der Waals surface area contributed by atoms with Crippen molar-refractivity contribution in [2.45, 2.75) is 25.6 Å². The zero-order chi connectivity index (χ0) is 26.7. The minimum atomic E-state index is -0.357. The summed E-state index contributed by atoms with van der Waals surface area (Å²) in [5.74, 6) is 0.640. The highest BCUT2D eigenvalue weighted by Crippen LogP contribution is 2.25. The molecule has 3 aromatic rings. The molecular formula is C31H36N2O5. The summed E-state index contributed by atoms with van der Waals surface area (Å²) in [4.78, 5) is 28.8. The Kier molecular flexibility index (Phi) is 9.90. The summed E-state index contributed by atoms with van der Waals surface area (Å²) in [6.45, 7) is 4.14. The zero-order valence-corrected chi connectivity index (χ0v) is 22.2. The summed E-state index contributed by atoms with van der Waals surface area (Å²) in [5.41, 5.74) is 3.71. The average molecular weight is 517 g/mol. The Morgan fingerprint density at radius 2 is 1.58 bits per heavy atom. The third-order valence-electron chi connectivity index (χ3n) is 6.91. The number of aryl methyl sites for hydroxylation is 1. The molecule has 0 radical (unpaired) electrons. The van der Waals surface area contributed by atoms with Gasteiger partial charge in [-0.3, -0.25) is 9.69 Å². The van der Waals surface area contributed by atoms with Crippen molar-refractivity contribution in [1.82, 2.24) is 9.80 Å². The summed E-state index contributed by atoms with van der Waals surface area (Å²) < 4.78 is 16.6. The molecule has 0 N–H and O–H groups in total. The van der Waals surface area contributed by atoms with Crippen LogP contribution in [0.4, 0.5) is 0 Å². The second-order valence-corrected chi connectivity index (χ2v) is 9.43. The molecule has 38 heavy (non-hydrogen) atoms. The van der Waals surface area contributed by atoms with Crippen LogP contribution >= 0.6 is 0 Å². The Morgan fingerprint density at radius 3 is 2.26 bits per heavy atom. The molecule has 0 aromatic heterocycles. The van der Waals surface area contributed by atoms with Gasteiger partial charge >= 0.3 is 5.97 Å². The molecule has 1 atom stereocenters. The van der Waals surface area contributed by atoms with Gasteiger partial charge in [-0.1, -0.05) is 54.6 Å². The lowest BCUT2D eigenvalue weighted by molar-refractivity contribution is -0.133. The van der Waals surface area contributed by atoms with Gasteiger partial charge in [0.05, 0.1) is 32.5 Å². The number of rotatable bonds is 11. The molecule has 0 unspecified atom stereocenters. The van der Waals surface area contributed by atoms with Gasteiger partial charge in [0.25, 0.3) is 0 Å². The van der Waals surface area contributed by atoms with E-state index in [-0.39, 0.29) is 18.0 Å². The number of methoxy groups -OCH3 is 2. The molecule has 1 saturated heterocycles. The number of nitrogens with zero attached hydrogens (tertiary/aromatic N) is 2. The Morgan fingerprint density at radius 1 is 0.842 bits per heavy atom. The van der Waals surface area contributed by atoms with Gasteiger partial charge in [0.15, 0.2) is 0 Å². The molecule has 0 aliphatic carbocycles. The van der Waals surface area contributed by atoms with Crippen LogP contribution in [-0.2, 0) is 27.3 Å². The Bertz CT molecular complexity index is 1170. The molecule has 3 aromatic carbocycles. The summed E-state index contributed by atoms with van der Waals surface area (Å²) in [6, 6.07) is 25.4. The van der Waals surface area contributed by atoms with E-state index in [1.807, 2.05) is 53.4 Å². The molecule has 7 heteroatoms. The van der Waals surface area contributed by atoms with Crippen molar-refractivity contribution in [2.24, 2.45) is 0 Å². The third-order valence-corrected chi connectivity index (χ3v) is 6.91. The standard InChI is InChI=1S/C31H36N2O5/c1-36-28-10-6-9-27(21-28)29(38-23-25-11-14-26(15-12-25)31(35)37-2)22-32-17-19-33(20-18-32)30(34)16-13-24-7-4-3-5-8-24/h3-12,14-15,21,29H,13,16-20,22-23H2,1-2H3/t29-/m0/s1. The lowest BCUT2D eigenvalue weighted by Crippen LogP contribution is -2.49. The maximum Gasteiger partial charge on any atom is 0.337 e. The number of hydrogen-bond donors (Lipinski definition) is 0. The van der Waals surface area contributed by atoms with Crippen molar-refractivity contribution >= 4 is 11.9 Å². The molecule has 1 aliphatic heterocycles. The van der Waals surface area contributed by atoms with E-state index in [2.05, 4.69) is 23.1 Å². The summed E-state index contributed by atoms with van der Waals surface area (Å²) in [7, 11) is 3.03. The fourth-order valence-electron chi connectivity index (χ4n) is 4.62. The van der Waals surface area contributed by atoms with E-state index in [1.54, 1.807) is 19.2 Å². The number of carbonyl (C=O) groups is 2. The van der Waals surface area contributed by atoms with Gasteiger partial charge in [-0.25, -0.2) is 4.79 Å². The van der Waals surface area contributed by atoms with E-state index >= 15 is 0 Å². The lowest BCUT2D eigenvalue weighted by Gasteiger charge is -2.36. The molecular weight excluding hydrogens is 480 g/mol. The second kappa shape index (κ2) is 13.7. The molecule has 0 bridgehead atoms. The van der Waals surface area contributed by atoms with Gasteiger partial charge in [0, 0.05) is 39.1 Å². The van der Waals surface area contributed by atoms with E-state index in [4.69, 9.17) is 14.2 Å². The van der Waals surface area contributed by atoms with Gasteiger partial charge in [-0.05, 0) is 47.4 Å². The molecule has 1 heterocycles. The first-order chi connectivity index (χ1) is 18.6. The van der Waals surface area contributed by atoms with Gasteiger partial charge < -0.3 is 19.1 Å². The third kappa shape index (κ3) is 7.66. The fourth-order valence-corrected chi connectivity index (χ4v) is 4.62. The van der Waals surface area contributed by atoms with Crippen LogP contribution in [0.3, 0.4) is 0 Å². The number of piperazine rings is 1. The number of hydrogen-bond acceptors (Lipinski definition) is 6. The first kappa shape index (κ1) is 27.4. The van der Waals surface area contributed by atoms with Gasteiger partial charge in [0.2, 0.25) is 5.91 Å². The van der Waals surface area contributed by atoms with E-state index in [0.717, 1.165) is 36.4 Å². The van der Waals surface area contributed by atoms with Gasteiger partial charge in [0.1, 0.15) is 5.75 Å². The number of carbonyl (C=O) groups excluding carboxylic acids is 2. The van der Waals surface area contributed by atoms with Gasteiger partial charge in [-0.2, -0.15) is 0 Å². The second-order valence-electron chi connectivity index (χ2n) is 9.43. The van der Waals surface area contributed by atoms with Crippen molar-refractivity contribution in [1.29, 1.82) is 0 Å². The quantitative estimate of drug-likeness (QED) is 0.349. The number of ether oxygens (including phenoxy) is 3. The topological polar surface area (TPSA) is 68.3 Å². The van der Waals surface area contributed by atoms with Crippen LogP contribution in [-0.4, -0.2) is 68.6 Å². The van der Waals surface area contributed by atoms with Crippen LogP contribution in [0.15, 0.2) is 78.9 Å². The summed E-state index contributed by atoms with van der Waals surface area (Å²) in [6.07, 6.45) is 1.13. The molecule has 200 valence electrons. The van der Waals surface area contributed by atoms with E-state index in [1.165, 1.54) is 12.7 Å². The minimum absolute atomic E-state index is 0.175. The number of benzene rings is 3. The van der Waals surface area contributed by atoms with Gasteiger partial charge in [-0.15, -0.1) is 0 Å². The van der Waals surface area contributed by atoms with Crippen LogP contribution in [0.5, 0.6) is 5.75 Å². The predicted octanol–water partition coefficient (Wildman–Crippen LogP) is 4.52. The Labute approximate surface area is 224 Å². The van der Waals surface area contributed by atoms with E-state index < -0.39 is 0 Å². The normalized spacial score (nSPS) is 14.6. The average Bonchev–Trinajstić information content (AvgIpc) is 2.98. The molecule has 4 rings (SSSR count). The van der Waals surface area contributed by atoms with Crippen LogP contribution in [0.2, 0.25) is 0 Å². The lowest BCUT2D eigenvalue weighted by atomic mass is 10.1. The Hall–Kier alpha value is -3.68. The van der Waals surface area contributed by atoms with Crippen LogP contribution in [0.1, 0.15) is 39.6 Å². The molecule has 1 amide bonds. The van der Waals surface area contributed by atoms with E-state index in [0.29, 0.717) is 38.2 Å². The first-order valence-corrected chi connectivity index (χ1v) is 13.0. The van der Waals surface area contributed by atoms with Crippen LogP contribution in [0, 0.1) is 0 Å². The van der Waals surface area contributed by atoms with Crippen LogP contribution in [0.25, 0.3) is 0 Å². The van der Waals surface area contributed by atoms with Crippen molar-refractivity contribution in [2.75, 3.05) is 46.9 Å². The number of amides is 1. The number of esters is 1. The predicted molar refractivity (Wildman–Crippen MR) is 146 cm³/mol. The molecule has 7 nitrogen and oxygen atoms in total. The Balaban J connectivity index is 1.34. The maximum absolute atomic E-state index is 12.8. The minimum Gasteiger partial charge on any atom is -0.497 e. The van der Waals surface area contributed by atoms with Crippen molar-refractivity contribution in [3.05, 3.63) is 101 Å². The highest BCUT2D eigenvalue weighted by molar-refractivity contribution is 5.89. The maximum atomic E-state index is 12.8. The monoisotopic (exact) mass is 516 g/mol. The molecule has 0 spiro atoms. The largest absolute Gasteiger partial charge is 0.497 e. The smallest absolute Gasteiger partial charge is 0.337 e. The summed E-state index contributed by atoms with van der Waals surface area (Å²) in [5, 5.41) is 0. The van der Waals surface area contributed by atoms with Crippen molar-refractivity contribution < 1.29 is 23.8 Å². The highest BCUT2D eigenvalue weighted by Gasteiger charge is 2.24. The molecule has 1 aliphatic rings. The summed E-state index contributed by atoms with van der Waals surface area (Å²) >= 11 is 0. The molecule has 0 saturated carbocycles. The fraction of sp³-hybridized carbons (Fsp3) is 0.355. The van der Waals surface area contributed by atoms with E-state index in [9.17, 15) is 9.59 Å². The zero-order valence-electron chi connectivity index (χ0n) is 22.2. The van der Waals surface area contributed by atoms with Crippen molar-refractivity contribution in [3.8, 4) is 5.75 Å². The molecule has 1 fully saturated rings.